The molecular weight excluding hydrogens is 169 g/mol. The molecule has 0 aliphatic rings. The molecule has 0 aromatic carbocycles. The zero-order valence-electron chi connectivity index (χ0n) is 6.01. The molecule has 0 unspecified atom stereocenters. The first kappa shape index (κ1) is 9.15. The fraction of sp³-hybridized carbons (Fsp3) is 0. The fourth-order valence-corrected chi connectivity index (χ4v) is 0.820. The molecule has 0 bridgehead atoms. The van der Waals surface area contributed by atoms with Crippen LogP contribution in [-0.4, -0.2) is 15.0 Å². The zero-order valence-corrected chi connectivity index (χ0v) is 9.13. The summed E-state index contributed by atoms with van der Waals surface area (Å²) < 4.78 is 0. The van der Waals surface area contributed by atoms with Crippen LogP contribution in [0.2, 0.25) is 0 Å². The molecule has 0 aliphatic carbocycles. The van der Waals surface area contributed by atoms with Gasteiger partial charge in [0.1, 0.15) is 0 Å². The smallest absolute Gasteiger partial charge is 0.463 e. The molecule has 50 valence electrons. The summed E-state index contributed by atoms with van der Waals surface area (Å²) in [5.74, 6) is 0. The van der Waals surface area contributed by atoms with Crippen molar-refractivity contribution in [2.45, 2.75) is 0 Å². The number of nitrogens with zero attached hydrogens (tertiary/aromatic N) is 1. The second kappa shape index (κ2) is 3.64. The minimum absolute atomic E-state index is 0. The van der Waals surface area contributed by atoms with Crippen molar-refractivity contribution >= 4 is 11.0 Å². The van der Waals surface area contributed by atoms with Gasteiger partial charge in [-0.3, -0.25) is 9.78 Å². The van der Waals surface area contributed by atoms with Crippen molar-refractivity contribution in [1.82, 2.24) is 15.0 Å². The van der Waals surface area contributed by atoms with Crippen LogP contribution < -0.4 is 56.9 Å². The van der Waals surface area contributed by atoms with Crippen molar-refractivity contribution in [2.75, 3.05) is 0 Å². The fourth-order valence-electron chi connectivity index (χ4n) is 0.820. The van der Waals surface area contributed by atoms with E-state index in [1.165, 1.54) is 6.33 Å². The summed E-state index contributed by atoms with van der Waals surface area (Å²) in [6.07, 6.45) is 4.03. The minimum atomic E-state index is -0.137. The van der Waals surface area contributed by atoms with Crippen molar-refractivity contribution in [3.63, 3.8) is 0 Å². The average Bonchev–Trinajstić information content (AvgIpc) is 2.36. The molecule has 0 amide bonds. The van der Waals surface area contributed by atoms with E-state index < -0.39 is 0 Å². The van der Waals surface area contributed by atoms with Crippen molar-refractivity contribution in [3.8, 4) is 0 Å². The molecule has 0 spiro atoms. The number of fused-ring (bicyclic) bond motifs is 1. The third-order valence-electron chi connectivity index (χ3n) is 1.30. The number of nitrogens with one attached hydrogen (secondary N) is 2. The van der Waals surface area contributed by atoms with Crippen LogP contribution in [0.3, 0.4) is 0 Å². The summed E-state index contributed by atoms with van der Waals surface area (Å²) in [5.41, 5.74) is 0.436. The van der Waals surface area contributed by atoms with Crippen LogP contribution in [0.5, 0.6) is 0 Å². The van der Waals surface area contributed by atoms with E-state index in [1.807, 2.05) is 0 Å². The maximum Gasteiger partial charge on any atom is 1.00 e. The predicted octanol–water partition coefficient (Wildman–Crippen LogP) is -2.94. The molecule has 2 rings (SSSR count). The maximum absolute atomic E-state index is 10.9. The first-order chi connectivity index (χ1) is 4.88. The van der Waals surface area contributed by atoms with Gasteiger partial charge in [0, 0.05) is 0 Å². The van der Waals surface area contributed by atoms with Crippen molar-refractivity contribution in [1.29, 1.82) is 0 Å². The first-order valence-electron chi connectivity index (χ1n) is 2.80. The van der Waals surface area contributed by atoms with Crippen molar-refractivity contribution in [3.05, 3.63) is 28.9 Å². The van der Waals surface area contributed by atoms with Gasteiger partial charge >= 0.3 is 51.4 Å². The monoisotopic (exact) mass is 173 g/mol. The number of aromatic nitrogens is 3. The summed E-state index contributed by atoms with van der Waals surface area (Å²) in [4.78, 5) is 19.9. The van der Waals surface area contributed by atoms with Crippen LogP contribution in [0.4, 0.5) is 0 Å². The Hall–Kier alpha value is 0.0564. The van der Waals surface area contributed by atoms with E-state index in [4.69, 9.17) is 0 Å². The van der Waals surface area contributed by atoms with Gasteiger partial charge in [-0.25, -0.2) is 0 Å². The summed E-state index contributed by atoms with van der Waals surface area (Å²) in [6.45, 7) is 0. The Kier molecular flexibility index (Phi) is 3.03. The average molecular weight is 173 g/mol. The normalized spacial score (nSPS) is 9.45. The summed E-state index contributed by atoms with van der Waals surface area (Å²) in [5, 5.41) is 0.544. The van der Waals surface area contributed by atoms with Crippen molar-refractivity contribution in [2.24, 2.45) is 0 Å². The molecule has 0 saturated heterocycles. The minimum Gasteiger partial charge on any atom is -0.463 e. The van der Waals surface area contributed by atoms with Crippen LogP contribution in [0.15, 0.2) is 17.2 Å². The number of hydrogen-bond donors (Lipinski definition) is 2. The molecule has 0 atom stereocenters. The van der Waals surface area contributed by atoms with E-state index in [1.54, 1.807) is 6.07 Å². The van der Waals surface area contributed by atoms with Crippen LogP contribution in [0.1, 0.15) is 0 Å². The number of H-pyrrole nitrogens is 2. The molecule has 0 saturated carbocycles. The standard InChI is InChI=1S/C6H4N3O.K/c10-6-4-1-2-7-5(4)8-3-9-6;/h1,3H,(H2,7,8,9,10);/q-1;+1. The van der Waals surface area contributed by atoms with Gasteiger partial charge in [0.05, 0.1) is 6.33 Å². The van der Waals surface area contributed by atoms with E-state index in [0.717, 1.165) is 0 Å². The van der Waals surface area contributed by atoms with Gasteiger partial charge in [-0.1, -0.05) is 5.39 Å². The molecule has 4 nitrogen and oxygen atoms in total. The van der Waals surface area contributed by atoms with Gasteiger partial charge in [0.2, 0.25) is 0 Å². The molecule has 0 fully saturated rings. The second-order valence-electron chi connectivity index (χ2n) is 1.91. The van der Waals surface area contributed by atoms with E-state index in [9.17, 15) is 4.79 Å². The van der Waals surface area contributed by atoms with Crippen LogP contribution >= 0.6 is 0 Å². The Morgan fingerprint density at radius 3 is 3.09 bits per heavy atom. The Labute approximate surface area is 105 Å². The van der Waals surface area contributed by atoms with E-state index >= 15 is 0 Å². The molecule has 5 heteroatoms. The molecular formula is C6H4KN3O. The quantitative estimate of drug-likeness (QED) is 0.331. The topological polar surface area (TPSA) is 61.5 Å². The molecule has 2 heterocycles. The molecule has 0 radical (unpaired) electrons. The van der Waals surface area contributed by atoms with Crippen LogP contribution in [-0.2, 0) is 0 Å². The van der Waals surface area contributed by atoms with Gasteiger partial charge in [-0.05, 0) is 5.65 Å². The SMILES string of the molecule is O=c1[nH]cnc2[nH][c-]cc12.[K+]. The van der Waals surface area contributed by atoms with E-state index in [-0.39, 0.29) is 56.9 Å². The molecule has 2 N–H and O–H groups in total. The van der Waals surface area contributed by atoms with Gasteiger partial charge in [0.25, 0.3) is 0 Å². The summed E-state index contributed by atoms with van der Waals surface area (Å²) in [6, 6.07) is 1.57. The van der Waals surface area contributed by atoms with Crippen molar-refractivity contribution < 1.29 is 51.4 Å². The Bertz CT molecular complexity index is 405. The third kappa shape index (κ3) is 1.62. The number of rotatable bonds is 0. The summed E-state index contributed by atoms with van der Waals surface area (Å²) >= 11 is 0. The Morgan fingerprint density at radius 1 is 1.55 bits per heavy atom. The van der Waals surface area contributed by atoms with Crippen LogP contribution in [0.25, 0.3) is 11.0 Å². The van der Waals surface area contributed by atoms with E-state index in [0.29, 0.717) is 11.0 Å². The molecule has 2 aromatic rings. The van der Waals surface area contributed by atoms with Gasteiger partial charge < -0.3 is 9.97 Å². The Morgan fingerprint density at radius 2 is 2.36 bits per heavy atom. The Balaban J connectivity index is 0.000000605. The van der Waals surface area contributed by atoms with Crippen LogP contribution in [0, 0.1) is 6.20 Å². The first-order valence-corrected chi connectivity index (χ1v) is 2.80. The van der Waals surface area contributed by atoms with E-state index in [2.05, 4.69) is 21.1 Å². The number of hydrogen-bond acceptors (Lipinski definition) is 2. The molecule has 2 aromatic heterocycles. The number of aromatic amines is 2. The van der Waals surface area contributed by atoms with Gasteiger partial charge in [-0.2, -0.15) is 6.07 Å². The zero-order chi connectivity index (χ0) is 6.97. The maximum atomic E-state index is 10.9. The molecule has 0 aliphatic heterocycles. The second-order valence-corrected chi connectivity index (χ2v) is 1.91. The molecule has 11 heavy (non-hydrogen) atoms. The predicted molar refractivity (Wildman–Crippen MR) is 35.6 cm³/mol. The van der Waals surface area contributed by atoms with Gasteiger partial charge in [-0.15, -0.1) is 6.20 Å². The third-order valence-corrected chi connectivity index (χ3v) is 1.30. The largest absolute Gasteiger partial charge is 1.00 e. The van der Waals surface area contributed by atoms with Gasteiger partial charge in [0.15, 0.2) is 5.56 Å². The summed E-state index contributed by atoms with van der Waals surface area (Å²) in [7, 11) is 0.